The van der Waals surface area contributed by atoms with Crippen LogP contribution in [-0.2, 0) is 9.47 Å². The maximum Gasteiger partial charge on any atom is 0.234 e. The van der Waals surface area contributed by atoms with Gasteiger partial charge in [0.05, 0.1) is 0 Å². The molecule has 1 heterocycles. The van der Waals surface area contributed by atoms with E-state index in [-0.39, 0.29) is 0 Å². The molecule has 0 atom stereocenters. The zero-order chi connectivity index (χ0) is 18.1. The average Bonchev–Trinajstić information content (AvgIpc) is 2.64. The molecular weight excluding hydrogens is 318 g/mol. The Hall–Kier alpha value is -1.47. The van der Waals surface area contributed by atoms with Gasteiger partial charge in [-0.25, -0.2) is 0 Å². The van der Waals surface area contributed by atoms with Crippen LogP contribution < -0.4 is 9.80 Å². The van der Waals surface area contributed by atoms with Crippen LogP contribution in [0.4, 0.5) is 11.9 Å². The van der Waals surface area contributed by atoms with Crippen LogP contribution in [0.5, 0.6) is 0 Å². The molecule has 7 heteroatoms. The van der Waals surface area contributed by atoms with Crippen LogP contribution in [0.15, 0.2) is 0 Å². The zero-order valence-corrected chi connectivity index (χ0v) is 16.2. The van der Waals surface area contributed by atoms with Crippen molar-refractivity contribution in [3.05, 3.63) is 5.82 Å². The number of hydrogen-bond donors (Lipinski definition) is 0. The lowest BCUT2D eigenvalue weighted by molar-refractivity contribution is 0.101. The van der Waals surface area contributed by atoms with Gasteiger partial charge in [-0.1, -0.05) is 32.6 Å². The number of hydrogen-bond acceptors (Lipinski definition) is 7. The maximum atomic E-state index is 5.76. The summed E-state index contributed by atoms with van der Waals surface area (Å²) < 4.78 is 11.1. The van der Waals surface area contributed by atoms with Crippen molar-refractivity contribution in [2.24, 2.45) is 0 Å². The monoisotopic (exact) mass is 351 g/mol. The Morgan fingerprint density at radius 2 is 1.72 bits per heavy atom. The highest BCUT2D eigenvalue weighted by atomic mass is 16.5. The summed E-state index contributed by atoms with van der Waals surface area (Å²) in [6.45, 7) is 3.71. The molecule has 25 heavy (non-hydrogen) atoms. The summed E-state index contributed by atoms with van der Waals surface area (Å²) in [7, 11) is 5.60. The van der Waals surface area contributed by atoms with Gasteiger partial charge in [0.25, 0.3) is 0 Å². The zero-order valence-electron chi connectivity index (χ0n) is 16.2. The second-order valence-corrected chi connectivity index (χ2v) is 6.87. The predicted octanol–water partition coefficient (Wildman–Crippen LogP) is 3.17. The van der Waals surface area contributed by atoms with E-state index >= 15 is 0 Å². The van der Waals surface area contributed by atoms with Gasteiger partial charge >= 0.3 is 0 Å². The summed E-state index contributed by atoms with van der Waals surface area (Å²) in [6.07, 6.45) is 8.31. The van der Waals surface area contributed by atoms with E-state index in [1.165, 1.54) is 19.3 Å². The summed E-state index contributed by atoms with van der Waals surface area (Å²) in [5, 5.41) is 0. The van der Waals surface area contributed by atoms with E-state index < -0.39 is 0 Å². The van der Waals surface area contributed by atoms with Crippen LogP contribution in [-0.4, -0.2) is 56.2 Å². The van der Waals surface area contributed by atoms with Gasteiger partial charge in [-0.15, -0.1) is 0 Å². The molecule has 0 N–H and O–H groups in total. The van der Waals surface area contributed by atoms with Gasteiger partial charge in [-0.3, -0.25) is 4.90 Å². The Kier molecular flexibility index (Phi) is 8.34. The number of nitrogens with zero attached hydrogens (tertiary/aromatic N) is 5. The van der Waals surface area contributed by atoms with Crippen LogP contribution in [0.3, 0.4) is 0 Å². The third kappa shape index (κ3) is 6.08. The molecule has 0 aliphatic heterocycles. The fourth-order valence-electron chi connectivity index (χ4n) is 2.98. The van der Waals surface area contributed by atoms with Gasteiger partial charge in [0, 0.05) is 33.7 Å². The van der Waals surface area contributed by atoms with E-state index in [4.69, 9.17) is 19.4 Å². The second kappa shape index (κ2) is 10.5. The van der Waals surface area contributed by atoms with Crippen molar-refractivity contribution in [3.63, 3.8) is 0 Å². The predicted molar refractivity (Wildman–Crippen MR) is 100 cm³/mol. The molecule has 2 rings (SSSR count). The number of anilines is 2. The Labute approximate surface area is 151 Å². The van der Waals surface area contributed by atoms with E-state index in [9.17, 15) is 0 Å². The molecular formula is C18H33N5O2. The molecule has 1 aliphatic rings. The van der Waals surface area contributed by atoms with Crippen molar-refractivity contribution in [1.29, 1.82) is 0 Å². The van der Waals surface area contributed by atoms with E-state index in [1.807, 2.05) is 23.9 Å². The Morgan fingerprint density at radius 1 is 1.00 bits per heavy atom. The van der Waals surface area contributed by atoms with Crippen molar-refractivity contribution >= 4 is 11.9 Å². The molecule has 0 amide bonds. The van der Waals surface area contributed by atoms with Gasteiger partial charge in [0.1, 0.15) is 19.3 Å². The normalized spacial score (nSPS) is 15.4. The Bertz CT molecular complexity index is 506. The van der Waals surface area contributed by atoms with Crippen LogP contribution in [0.2, 0.25) is 0 Å². The van der Waals surface area contributed by atoms with Gasteiger partial charge < -0.3 is 14.4 Å². The summed E-state index contributed by atoms with van der Waals surface area (Å²) in [5.41, 5.74) is 0. The molecule has 0 unspecified atom stereocenters. The lowest BCUT2D eigenvalue weighted by Gasteiger charge is -2.25. The number of unbranched alkanes of at least 4 members (excludes halogenated alkanes) is 1. The highest BCUT2D eigenvalue weighted by Gasteiger charge is 2.22. The molecule has 1 saturated carbocycles. The molecule has 0 spiro atoms. The summed E-state index contributed by atoms with van der Waals surface area (Å²) in [6, 6.07) is 0. The highest BCUT2D eigenvalue weighted by molar-refractivity contribution is 5.38. The molecule has 1 aromatic rings. The minimum absolute atomic E-state index is 0.396. The highest BCUT2D eigenvalue weighted by Crippen LogP contribution is 2.31. The van der Waals surface area contributed by atoms with Crippen molar-refractivity contribution in [1.82, 2.24) is 15.0 Å². The number of methoxy groups -OCH3 is 1. The van der Waals surface area contributed by atoms with E-state index in [0.717, 1.165) is 38.1 Å². The van der Waals surface area contributed by atoms with Crippen molar-refractivity contribution < 1.29 is 9.47 Å². The summed E-state index contributed by atoms with van der Waals surface area (Å²) in [5.74, 6) is 2.67. The molecule has 0 bridgehead atoms. The first kappa shape index (κ1) is 19.8. The Balaban J connectivity index is 2.20. The first-order valence-corrected chi connectivity index (χ1v) is 9.40. The molecule has 0 radical (unpaired) electrons. The number of ether oxygens (including phenoxy) is 2. The topological polar surface area (TPSA) is 63.6 Å². The molecule has 1 fully saturated rings. The maximum absolute atomic E-state index is 5.76. The fourth-order valence-corrected chi connectivity index (χ4v) is 2.98. The van der Waals surface area contributed by atoms with Crippen LogP contribution in [0.1, 0.15) is 63.6 Å². The SMILES string of the molecule is CCCCOCN(COC)c1nc(C2CCCCC2)nc(N(C)C)n1. The summed E-state index contributed by atoms with van der Waals surface area (Å²) in [4.78, 5) is 18.0. The minimum atomic E-state index is 0.396. The van der Waals surface area contributed by atoms with Crippen molar-refractivity contribution in [3.8, 4) is 0 Å². The van der Waals surface area contributed by atoms with Gasteiger partial charge in [-0.05, 0) is 19.3 Å². The summed E-state index contributed by atoms with van der Waals surface area (Å²) >= 11 is 0. The van der Waals surface area contributed by atoms with Gasteiger partial charge in [-0.2, -0.15) is 15.0 Å². The molecule has 7 nitrogen and oxygen atoms in total. The number of aromatic nitrogens is 3. The number of rotatable bonds is 10. The molecule has 0 saturated heterocycles. The fraction of sp³-hybridized carbons (Fsp3) is 0.833. The van der Waals surface area contributed by atoms with Crippen LogP contribution in [0.25, 0.3) is 0 Å². The lowest BCUT2D eigenvalue weighted by atomic mass is 9.89. The lowest BCUT2D eigenvalue weighted by Crippen LogP contribution is -2.32. The van der Waals surface area contributed by atoms with Crippen LogP contribution in [0, 0.1) is 0 Å². The Morgan fingerprint density at radius 3 is 2.36 bits per heavy atom. The first-order chi connectivity index (χ1) is 12.2. The van der Waals surface area contributed by atoms with Gasteiger partial charge in [0.15, 0.2) is 0 Å². The van der Waals surface area contributed by atoms with Crippen LogP contribution >= 0.6 is 0 Å². The van der Waals surface area contributed by atoms with Crippen molar-refractivity contribution in [2.75, 3.05) is 51.1 Å². The average molecular weight is 351 g/mol. The molecule has 1 aliphatic carbocycles. The second-order valence-electron chi connectivity index (χ2n) is 6.87. The molecule has 1 aromatic heterocycles. The minimum Gasteiger partial charge on any atom is -0.364 e. The third-order valence-electron chi connectivity index (χ3n) is 4.46. The largest absolute Gasteiger partial charge is 0.364 e. The van der Waals surface area contributed by atoms with E-state index in [0.29, 0.717) is 31.3 Å². The van der Waals surface area contributed by atoms with E-state index in [1.54, 1.807) is 7.11 Å². The molecule has 142 valence electrons. The first-order valence-electron chi connectivity index (χ1n) is 9.40. The van der Waals surface area contributed by atoms with Crippen molar-refractivity contribution in [2.45, 2.75) is 57.8 Å². The molecule has 0 aromatic carbocycles. The van der Waals surface area contributed by atoms with Gasteiger partial charge in [0.2, 0.25) is 11.9 Å². The third-order valence-corrected chi connectivity index (χ3v) is 4.46. The smallest absolute Gasteiger partial charge is 0.234 e. The standard InChI is InChI=1S/C18H33N5O2/c1-5-6-12-25-14-23(13-24-4)18-20-16(15-10-8-7-9-11-15)19-17(21-18)22(2)3/h15H,5-14H2,1-4H3. The quantitative estimate of drug-likeness (QED) is 0.474. The van der Waals surface area contributed by atoms with E-state index in [2.05, 4.69) is 11.9 Å².